The van der Waals surface area contributed by atoms with E-state index in [1.165, 1.54) is 19.3 Å². The van der Waals surface area contributed by atoms with Crippen LogP contribution in [-0.2, 0) is 25.3 Å². The van der Waals surface area contributed by atoms with Crippen molar-refractivity contribution >= 4 is 36.9 Å². The largest absolute Gasteiger partial charge is 0.740 e. The van der Waals surface area contributed by atoms with E-state index in [9.17, 15) is 0 Å². The van der Waals surface area contributed by atoms with E-state index in [2.05, 4.69) is 30.6 Å². The van der Waals surface area contributed by atoms with Crippen molar-refractivity contribution in [2.24, 2.45) is 0 Å². The second-order valence-electron chi connectivity index (χ2n) is 5.98. The molecule has 0 amide bonds. The summed E-state index contributed by atoms with van der Waals surface area (Å²) in [5, 5.41) is 7.41. The van der Waals surface area contributed by atoms with Crippen LogP contribution >= 0.6 is 0 Å². The molecule has 2 rings (SSSR count). The number of anilines is 2. The van der Waals surface area contributed by atoms with Crippen LogP contribution in [0.4, 0.5) is 11.6 Å². The summed E-state index contributed by atoms with van der Waals surface area (Å²) in [6.45, 7) is 5.67. The molecule has 0 unspecified atom stereocenters. The van der Waals surface area contributed by atoms with E-state index in [0.717, 1.165) is 49.0 Å². The molecule has 0 fully saturated rings. The van der Waals surface area contributed by atoms with Crippen LogP contribution in [0, 0.1) is 13.8 Å². The second kappa shape index (κ2) is 10.2. The van der Waals surface area contributed by atoms with Gasteiger partial charge in [0.25, 0.3) is 0 Å². The van der Waals surface area contributed by atoms with E-state index in [-0.39, 0.29) is 0 Å². The Morgan fingerprint density at radius 1 is 0.680 bits per heavy atom. The van der Waals surface area contributed by atoms with Gasteiger partial charge < -0.3 is 35.9 Å². The van der Waals surface area contributed by atoms with Crippen LogP contribution in [0.3, 0.4) is 0 Å². The summed E-state index contributed by atoms with van der Waals surface area (Å²) < 4.78 is 0. The zero-order valence-corrected chi connectivity index (χ0v) is 16.3. The molecular formula is C17H24N6S2-2. The third-order valence-corrected chi connectivity index (χ3v) is 4.00. The summed E-state index contributed by atoms with van der Waals surface area (Å²) in [7, 11) is 0. The average Bonchev–Trinajstić information content (AvgIpc) is 2.51. The minimum absolute atomic E-state index is 0.400. The first kappa shape index (κ1) is 19.5. The molecule has 25 heavy (non-hydrogen) atoms. The van der Waals surface area contributed by atoms with Crippen LogP contribution in [0.5, 0.6) is 0 Å². The van der Waals surface area contributed by atoms with Crippen molar-refractivity contribution in [3.63, 3.8) is 0 Å². The number of nitrogens with one attached hydrogen (secondary N) is 2. The number of aromatic nitrogens is 4. The topological polar surface area (TPSA) is 75.6 Å². The number of hydrogen-bond donors (Lipinski definition) is 2. The second-order valence-corrected chi connectivity index (χ2v) is 6.71. The standard InChI is InChI=1S/C17H26N6S2/c1-12-10-14(22-16(24)20-12)18-8-6-4-3-5-7-9-19-15-11-13(2)21-17(25)23-15/h10-11H,3-9H2,1-2H3,(H2,18,20,22,24)(H2,19,21,23,25)/p-2. The molecular weight excluding hydrogens is 352 g/mol. The Bertz CT molecular complexity index is 582. The predicted molar refractivity (Wildman–Crippen MR) is 105 cm³/mol. The molecule has 0 aliphatic carbocycles. The van der Waals surface area contributed by atoms with Gasteiger partial charge in [-0.3, -0.25) is 9.97 Å². The first-order valence-corrected chi connectivity index (χ1v) is 9.38. The van der Waals surface area contributed by atoms with Crippen LogP contribution in [0.25, 0.3) is 0 Å². The molecule has 0 spiro atoms. The van der Waals surface area contributed by atoms with E-state index in [1.807, 2.05) is 26.0 Å². The van der Waals surface area contributed by atoms with E-state index < -0.39 is 0 Å². The molecule has 0 aliphatic rings. The Hall–Kier alpha value is -1.80. The minimum atomic E-state index is 0.400. The van der Waals surface area contributed by atoms with Crippen molar-refractivity contribution in [2.45, 2.75) is 56.3 Å². The molecule has 136 valence electrons. The lowest BCUT2D eigenvalue weighted by atomic mass is 10.1. The Morgan fingerprint density at radius 2 is 1.08 bits per heavy atom. The maximum Gasteiger partial charge on any atom is 0.127 e. The lowest BCUT2D eigenvalue weighted by Crippen LogP contribution is -2.06. The first-order chi connectivity index (χ1) is 12.0. The quantitative estimate of drug-likeness (QED) is 0.372. The van der Waals surface area contributed by atoms with Crippen molar-refractivity contribution in [1.29, 1.82) is 0 Å². The Kier molecular flexibility index (Phi) is 8.00. The zero-order chi connectivity index (χ0) is 18.1. The first-order valence-electron chi connectivity index (χ1n) is 8.56. The summed E-state index contributed by atoms with van der Waals surface area (Å²) in [5.74, 6) is 1.64. The van der Waals surface area contributed by atoms with Gasteiger partial charge in [-0.25, -0.2) is 9.97 Å². The van der Waals surface area contributed by atoms with E-state index >= 15 is 0 Å². The van der Waals surface area contributed by atoms with E-state index in [4.69, 9.17) is 25.3 Å². The summed E-state index contributed by atoms with van der Waals surface area (Å²) in [5.41, 5.74) is 1.80. The van der Waals surface area contributed by atoms with Gasteiger partial charge in [0.05, 0.1) is 0 Å². The van der Waals surface area contributed by atoms with Gasteiger partial charge in [0.1, 0.15) is 11.6 Å². The molecule has 2 N–H and O–H groups in total. The van der Waals surface area contributed by atoms with Crippen molar-refractivity contribution in [3.8, 4) is 0 Å². The van der Waals surface area contributed by atoms with Crippen molar-refractivity contribution < 1.29 is 0 Å². The fourth-order valence-electron chi connectivity index (χ4n) is 2.48. The number of hydrogen-bond acceptors (Lipinski definition) is 8. The highest BCUT2D eigenvalue weighted by Gasteiger charge is 1.97. The number of nitrogens with zero attached hydrogens (tertiary/aromatic N) is 4. The molecule has 2 aromatic heterocycles. The van der Waals surface area contributed by atoms with Gasteiger partial charge in [0, 0.05) is 46.9 Å². The maximum absolute atomic E-state index is 5.02. The minimum Gasteiger partial charge on any atom is -0.740 e. The molecule has 8 heteroatoms. The smallest absolute Gasteiger partial charge is 0.127 e. The van der Waals surface area contributed by atoms with Crippen LogP contribution in [-0.4, -0.2) is 33.0 Å². The summed E-state index contributed by atoms with van der Waals surface area (Å²) in [6.07, 6.45) is 5.84. The third kappa shape index (κ3) is 7.74. The van der Waals surface area contributed by atoms with Gasteiger partial charge in [-0.15, -0.1) is 0 Å². The van der Waals surface area contributed by atoms with Crippen LogP contribution in [0.1, 0.15) is 43.5 Å². The van der Waals surface area contributed by atoms with Crippen LogP contribution in [0.15, 0.2) is 22.4 Å². The molecule has 2 aromatic rings. The van der Waals surface area contributed by atoms with E-state index in [0.29, 0.717) is 10.3 Å². The van der Waals surface area contributed by atoms with Crippen LogP contribution < -0.4 is 10.6 Å². The molecule has 0 atom stereocenters. The monoisotopic (exact) mass is 376 g/mol. The molecule has 0 aromatic carbocycles. The molecule has 0 saturated heterocycles. The van der Waals surface area contributed by atoms with Crippen molar-refractivity contribution in [1.82, 2.24) is 19.9 Å². The lowest BCUT2D eigenvalue weighted by Gasteiger charge is -2.11. The zero-order valence-electron chi connectivity index (χ0n) is 14.7. The third-order valence-electron chi connectivity index (χ3n) is 3.63. The summed E-state index contributed by atoms with van der Waals surface area (Å²) in [4.78, 5) is 16.6. The van der Waals surface area contributed by atoms with Crippen LogP contribution in [0.2, 0.25) is 0 Å². The van der Waals surface area contributed by atoms with Gasteiger partial charge in [0.2, 0.25) is 0 Å². The highest BCUT2D eigenvalue weighted by atomic mass is 32.1. The molecule has 6 nitrogen and oxygen atoms in total. The molecule has 0 radical (unpaired) electrons. The number of unbranched alkanes of at least 4 members (excludes halogenated alkanes) is 4. The SMILES string of the molecule is Cc1cc(NCCCCCCCNc2cc(C)nc([S-])n2)nc([S-])n1. The number of rotatable bonds is 10. The molecule has 0 saturated carbocycles. The fraction of sp³-hybridized carbons (Fsp3) is 0.529. The van der Waals surface area contributed by atoms with Gasteiger partial charge in [0.15, 0.2) is 0 Å². The van der Waals surface area contributed by atoms with Gasteiger partial charge in [-0.05, 0) is 26.7 Å². The summed E-state index contributed by atoms with van der Waals surface area (Å²) >= 11 is 10.0. The fourth-order valence-corrected chi connectivity index (χ4v) is 2.96. The van der Waals surface area contributed by atoms with Gasteiger partial charge >= 0.3 is 0 Å². The lowest BCUT2D eigenvalue weighted by molar-refractivity contribution is 0.634. The Balaban J connectivity index is 1.51. The van der Waals surface area contributed by atoms with Crippen molar-refractivity contribution in [2.75, 3.05) is 23.7 Å². The normalized spacial score (nSPS) is 10.6. The number of aryl methyl sites for hydroxylation is 2. The van der Waals surface area contributed by atoms with Gasteiger partial charge in [-0.2, -0.15) is 0 Å². The molecule has 0 aliphatic heterocycles. The molecule has 0 bridgehead atoms. The maximum atomic E-state index is 5.02. The highest BCUT2D eigenvalue weighted by Crippen LogP contribution is 2.09. The predicted octanol–water partition coefficient (Wildman–Crippen LogP) is 3.17. The average molecular weight is 377 g/mol. The molecule has 2 heterocycles. The highest BCUT2D eigenvalue weighted by molar-refractivity contribution is 7.58. The van der Waals surface area contributed by atoms with Gasteiger partial charge in [-0.1, -0.05) is 19.3 Å². The van der Waals surface area contributed by atoms with E-state index in [1.54, 1.807) is 0 Å². The Morgan fingerprint density at radius 3 is 1.48 bits per heavy atom. The Labute approximate surface area is 160 Å². The van der Waals surface area contributed by atoms with Crippen molar-refractivity contribution in [3.05, 3.63) is 23.5 Å². The summed E-state index contributed by atoms with van der Waals surface area (Å²) in [6, 6.07) is 3.84.